The van der Waals surface area contributed by atoms with Crippen LogP contribution >= 0.6 is 0 Å². The van der Waals surface area contributed by atoms with Crippen molar-refractivity contribution in [2.45, 2.75) is 44.9 Å². The van der Waals surface area contributed by atoms with E-state index >= 15 is 0 Å². The van der Waals surface area contributed by atoms with Crippen LogP contribution in [-0.2, 0) is 4.79 Å². The number of hydrogen-bond acceptors (Lipinski definition) is 1. The molecule has 3 saturated carbocycles. The third kappa shape index (κ3) is 0.641. The van der Waals surface area contributed by atoms with E-state index in [1.807, 2.05) is 0 Å². The standard InChI is InChI=1S/C11H16O/c12-10-8-3-1-5-11(10)6-2-4-9(11)7-8/h8-9H,1-7H2. The van der Waals surface area contributed by atoms with Gasteiger partial charge < -0.3 is 0 Å². The molecule has 3 unspecified atom stereocenters. The molecule has 0 aromatic heterocycles. The van der Waals surface area contributed by atoms with Gasteiger partial charge in [-0.15, -0.1) is 0 Å². The van der Waals surface area contributed by atoms with Gasteiger partial charge >= 0.3 is 0 Å². The first-order valence-electron chi connectivity index (χ1n) is 5.37. The number of rotatable bonds is 0. The fraction of sp³-hybridized carbons (Fsp3) is 0.909. The highest BCUT2D eigenvalue weighted by Gasteiger charge is 2.57. The number of fused-ring (bicyclic) bond motifs is 1. The summed E-state index contributed by atoms with van der Waals surface area (Å²) in [5.41, 5.74) is 0.225. The van der Waals surface area contributed by atoms with E-state index < -0.39 is 0 Å². The molecule has 1 nitrogen and oxygen atoms in total. The Balaban J connectivity index is 2.04. The molecule has 0 aliphatic heterocycles. The summed E-state index contributed by atoms with van der Waals surface area (Å²) in [6.07, 6.45) is 8.91. The van der Waals surface area contributed by atoms with Crippen molar-refractivity contribution in [3.63, 3.8) is 0 Å². The maximum atomic E-state index is 12.0. The fourth-order valence-electron chi connectivity index (χ4n) is 4.03. The van der Waals surface area contributed by atoms with Crippen molar-refractivity contribution in [3.8, 4) is 0 Å². The zero-order chi connectivity index (χ0) is 8.18. The molecular formula is C11H16O. The van der Waals surface area contributed by atoms with Crippen LogP contribution in [0.15, 0.2) is 0 Å². The predicted octanol–water partition coefficient (Wildman–Crippen LogP) is 2.55. The maximum absolute atomic E-state index is 12.0. The Morgan fingerprint density at radius 2 is 1.92 bits per heavy atom. The van der Waals surface area contributed by atoms with Crippen molar-refractivity contribution in [3.05, 3.63) is 0 Å². The molecule has 0 aromatic rings. The van der Waals surface area contributed by atoms with Crippen molar-refractivity contribution in [1.29, 1.82) is 0 Å². The van der Waals surface area contributed by atoms with Gasteiger partial charge in [0.2, 0.25) is 0 Å². The number of hydrogen-bond donors (Lipinski definition) is 0. The van der Waals surface area contributed by atoms with E-state index in [-0.39, 0.29) is 5.41 Å². The topological polar surface area (TPSA) is 17.1 Å². The summed E-state index contributed by atoms with van der Waals surface area (Å²) in [4.78, 5) is 12.0. The molecule has 0 N–H and O–H groups in total. The van der Waals surface area contributed by atoms with E-state index in [2.05, 4.69) is 0 Å². The second-order valence-electron chi connectivity index (χ2n) is 4.93. The van der Waals surface area contributed by atoms with Gasteiger partial charge in [-0.05, 0) is 38.0 Å². The summed E-state index contributed by atoms with van der Waals surface area (Å²) < 4.78 is 0. The van der Waals surface area contributed by atoms with Gasteiger partial charge in [-0.2, -0.15) is 0 Å². The van der Waals surface area contributed by atoms with Gasteiger partial charge in [0.05, 0.1) is 0 Å². The number of ketones is 1. The fourth-order valence-corrected chi connectivity index (χ4v) is 4.03. The third-order valence-electron chi connectivity index (χ3n) is 4.56. The number of carbonyl (C=O) groups excluding carboxylic acids is 1. The van der Waals surface area contributed by atoms with Crippen LogP contribution in [0, 0.1) is 17.3 Å². The van der Waals surface area contributed by atoms with Crippen LogP contribution in [0.4, 0.5) is 0 Å². The zero-order valence-electron chi connectivity index (χ0n) is 7.51. The summed E-state index contributed by atoms with van der Waals surface area (Å²) in [5, 5.41) is 0. The van der Waals surface area contributed by atoms with Crippen LogP contribution in [-0.4, -0.2) is 5.78 Å². The first-order chi connectivity index (χ1) is 5.83. The van der Waals surface area contributed by atoms with Crippen LogP contribution in [0.3, 0.4) is 0 Å². The average molecular weight is 164 g/mol. The maximum Gasteiger partial charge on any atom is 0.142 e. The highest BCUT2D eigenvalue weighted by Crippen LogP contribution is 2.60. The molecule has 3 aliphatic rings. The van der Waals surface area contributed by atoms with E-state index in [1.54, 1.807) is 0 Å². The van der Waals surface area contributed by atoms with Gasteiger partial charge in [-0.25, -0.2) is 0 Å². The van der Waals surface area contributed by atoms with Crippen LogP contribution < -0.4 is 0 Å². The number of carbonyl (C=O) groups is 1. The van der Waals surface area contributed by atoms with Crippen LogP contribution in [0.1, 0.15) is 44.9 Å². The SMILES string of the molecule is O=C1C2CCCC13CCCC3C2. The summed E-state index contributed by atoms with van der Waals surface area (Å²) in [5.74, 6) is 1.96. The molecule has 1 spiro atoms. The van der Waals surface area contributed by atoms with Gasteiger partial charge in [0.25, 0.3) is 0 Å². The first-order valence-corrected chi connectivity index (χ1v) is 5.37. The molecule has 3 fully saturated rings. The highest BCUT2D eigenvalue weighted by atomic mass is 16.1. The molecule has 3 atom stereocenters. The normalized spacial score (nSPS) is 51.2. The molecule has 3 aliphatic carbocycles. The molecule has 0 radical (unpaired) electrons. The smallest absolute Gasteiger partial charge is 0.142 e. The lowest BCUT2D eigenvalue weighted by atomic mass is 9.72. The summed E-state index contributed by atoms with van der Waals surface area (Å²) in [7, 11) is 0. The van der Waals surface area contributed by atoms with E-state index in [0.717, 1.165) is 5.92 Å². The molecule has 3 rings (SSSR count). The lowest BCUT2D eigenvalue weighted by Gasteiger charge is -2.30. The molecule has 2 bridgehead atoms. The van der Waals surface area contributed by atoms with E-state index in [1.165, 1.54) is 44.9 Å². The summed E-state index contributed by atoms with van der Waals surface area (Å²) >= 11 is 0. The minimum absolute atomic E-state index is 0.225. The molecular weight excluding hydrogens is 148 g/mol. The van der Waals surface area contributed by atoms with Crippen molar-refractivity contribution >= 4 is 5.78 Å². The van der Waals surface area contributed by atoms with Crippen molar-refractivity contribution < 1.29 is 4.79 Å². The van der Waals surface area contributed by atoms with Crippen molar-refractivity contribution in [1.82, 2.24) is 0 Å². The van der Waals surface area contributed by atoms with Gasteiger partial charge in [0, 0.05) is 11.3 Å². The van der Waals surface area contributed by atoms with Crippen LogP contribution in [0.2, 0.25) is 0 Å². The van der Waals surface area contributed by atoms with E-state index in [4.69, 9.17) is 0 Å². The Labute approximate surface area is 73.5 Å². The minimum atomic E-state index is 0.225. The Kier molecular flexibility index (Phi) is 1.26. The van der Waals surface area contributed by atoms with E-state index in [9.17, 15) is 4.79 Å². The van der Waals surface area contributed by atoms with Crippen LogP contribution in [0.25, 0.3) is 0 Å². The second-order valence-corrected chi connectivity index (χ2v) is 4.93. The average Bonchev–Trinajstić information content (AvgIpc) is 2.48. The lowest BCUT2D eigenvalue weighted by molar-refractivity contribution is -0.132. The monoisotopic (exact) mass is 164 g/mol. The molecule has 0 amide bonds. The Hall–Kier alpha value is -0.330. The number of Topliss-reactive ketones (excluding diaryl/α,β-unsaturated/α-hetero) is 1. The molecule has 12 heavy (non-hydrogen) atoms. The second kappa shape index (κ2) is 2.12. The minimum Gasteiger partial charge on any atom is -0.299 e. The highest BCUT2D eigenvalue weighted by molar-refractivity contribution is 5.90. The predicted molar refractivity (Wildman–Crippen MR) is 46.7 cm³/mol. The Morgan fingerprint density at radius 3 is 2.75 bits per heavy atom. The Morgan fingerprint density at radius 1 is 1.17 bits per heavy atom. The largest absolute Gasteiger partial charge is 0.299 e. The van der Waals surface area contributed by atoms with Gasteiger partial charge in [0.1, 0.15) is 5.78 Å². The summed E-state index contributed by atoms with van der Waals surface area (Å²) in [6, 6.07) is 0. The molecule has 0 saturated heterocycles. The molecule has 1 heteroatoms. The van der Waals surface area contributed by atoms with Crippen LogP contribution in [0.5, 0.6) is 0 Å². The first kappa shape index (κ1) is 7.11. The quantitative estimate of drug-likeness (QED) is 0.537. The Bertz CT molecular complexity index is 233. The molecule has 0 aromatic carbocycles. The van der Waals surface area contributed by atoms with Gasteiger partial charge in [-0.3, -0.25) is 4.79 Å². The third-order valence-corrected chi connectivity index (χ3v) is 4.56. The van der Waals surface area contributed by atoms with Crippen molar-refractivity contribution in [2.75, 3.05) is 0 Å². The molecule has 0 heterocycles. The van der Waals surface area contributed by atoms with Gasteiger partial charge in [0.15, 0.2) is 0 Å². The van der Waals surface area contributed by atoms with Gasteiger partial charge in [-0.1, -0.05) is 12.8 Å². The summed E-state index contributed by atoms with van der Waals surface area (Å²) in [6.45, 7) is 0. The lowest BCUT2D eigenvalue weighted by Crippen LogP contribution is -2.33. The zero-order valence-corrected chi connectivity index (χ0v) is 7.51. The van der Waals surface area contributed by atoms with E-state index in [0.29, 0.717) is 11.7 Å². The molecule has 66 valence electrons. The van der Waals surface area contributed by atoms with Crippen molar-refractivity contribution in [2.24, 2.45) is 17.3 Å².